The zero-order valence-electron chi connectivity index (χ0n) is 9.95. The Bertz CT molecular complexity index is 368. The van der Waals surface area contributed by atoms with E-state index in [0.717, 1.165) is 17.3 Å². The fraction of sp³-hybridized carbons (Fsp3) is 0.462. The highest BCUT2D eigenvalue weighted by Crippen LogP contribution is 2.17. The summed E-state index contributed by atoms with van der Waals surface area (Å²) in [5.41, 5.74) is 1.22. The number of hydrogen-bond acceptors (Lipinski definition) is 2. The molecule has 1 amide bonds. The van der Waals surface area contributed by atoms with E-state index in [2.05, 4.69) is 27.3 Å². The molecule has 3 nitrogen and oxygen atoms in total. The van der Waals surface area contributed by atoms with Gasteiger partial charge in [0.1, 0.15) is 0 Å². The zero-order valence-corrected chi connectivity index (χ0v) is 11.5. The zero-order chi connectivity index (χ0) is 12.7. The molecule has 0 spiro atoms. The molecule has 0 aromatic heterocycles. The van der Waals surface area contributed by atoms with E-state index in [-0.39, 0.29) is 18.6 Å². The number of rotatable bonds is 6. The highest BCUT2D eigenvalue weighted by atomic mass is 79.9. The average Bonchev–Trinajstić information content (AvgIpc) is 2.31. The second-order valence-corrected chi connectivity index (χ2v) is 4.95. The third-order valence-corrected chi connectivity index (χ3v) is 3.26. The Balaban J connectivity index is 2.29. The van der Waals surface area contributed by atoms with Gasteiger partial charge in [-0.25, -0.2) is 0 Å². The highest BCUT2D eigenvalue weighted by molar-refractivity contribution is 9.10. The van der Waals surface area contributed by atoms with Crippen molar-refractivity contribution in [3.63, 3.8) is 0 Å². The minimum atomic E-state index is -0.161. The predicted octanol–water partition coefficient (Wildman–Crippen LogP) is 2.27. The number of nitrogens with one attached hydrogen (secondary N) is 1. The van der Waals surface area contributed by atoms with Crippen molar-refractivity contribution in [3.05, 3.63) is 34.3 Å². The Kier molecular flexibility index (Phi) is 6.22. The van der Waals surface area contributed by atoms with Crippen LogP contribution in [0.4, 0.5) is 0 Å². The summed E-state index contributed by atoms with van der Waals surface area (Å²) in [6.07, 6.45) is 2.18. The quantitative estimate of drug-likeness (QED) is 0.846. The number of halogens is 1. The highest BCUT2D eigenvalue weighted by Gasteiger charge is 2.06. The van der Waals surface area contributed by atoms with Gasteiger partial charge in [0, 0.05) is 16.9 Å². The number of aliphatic hydroxyl groups excluding tert-OH is 1. The standard InChI is InChI=1S/C13H18BrNO2/c1-10(9-16)15-13(17)8-4-6-11-5-2-3-7-12(11)14/h2-3,5,7,10,16H,4,6,8-9H2,1H3,(H,15,17). The molecule has 1 unspecified atom stereocenters. The second kappa shape index (κ2) is 7.45. The molecule has 1 rings (SSSR count). The third kappa shape index (κ3) is 5.33. The summed E-state index contributed by atoms with van der Waals surface area (Å²) in [7, 11) is 0. The summed E-state index contributed by atoms with van der Waals surface area (Å²) in [6, 6.07) is 7.87. The van der Waals surface area contributed by atoms with Gasteiger partial charge in [0.25, 0.3) is 0 Å². The molecule has 0 heterocycles. The maximum absolute atomic E-state index is 11.5. The van der Waals surface area contributed by atoms with Crippen molar-refractivity contribution in [3.8, 4) is 0 Å². The van der Waals surface area contributed by atoms with E-state index in [9.17, 15) is 4.79 Å². The summed E-state index contributed by atoms with van der Waals surface area (Å²) in [6.45, 7) is 1.77. The van der Waals surface area contributed by atoms with Gasteiger partial charge in [-0.2, -0.15) is 0 Å². The van der Waals surface area contributed by atoms with Crippen molar-refractivity contribution in [1.82, 2.24) is 5.32 Å². The van der Waals surface area contributed by atoms with Crippen molar-refractivity contribution < 1.29 is 9.90 Å². The second-order valence-electron chi connectivity index (χ2n) is 4.10. The van der Waals surface area contributed by atoms with E-state index in [1.54, 1.807) is 6.92 Å². The topological polar surface area (TPSA) is 49.3 Å². The Labute approximate surface area is 110 Å². The van der Waals surface area contributed by atoms with Crippen LogP contribution in [-0.4, -0.2) is 23.7 Å². The molecule has 2 N–H and O–H groups in total. The van der Waals surface area contributed by atoms with E-state index in [4.69, 9.17) is 5.11 Å². The van der Waals surface area contributed by atoms with Gasteiger partial charge in [-0.3, -0.25) is 4.79 Å². The Morgan fingerprint density at radius 1 is 1.47 bits per heavy atom. The van der Waals surface area contributed by atoms with E-state index in [0.29, 0.717) is 6.42 Å². The van der Waals surface area contributed by atoms with Gasteiger partial charge in [-0.05, 0) is 31.4 Å². The summed E-state index contributed by atoms with van der Waals surface area (Å²) >= 11 is 3.48. The fourth-order valence-electron chi connectivity index (χ4n) is 1.53. The van der Waals surface area contributed by atoms with Gasteiger partial charge >= 0.3 is 0 Å². The van der Waals surface area contributed by atoms with Crippen LogP contribution < -0.4 is 5.32 Å². The molecule has 0 saturated heterocycles. The van der Waals surface area contributed by atoms with Gasteiger partial charge in [0.15, 0.2) is 0 Å². The lowest BCUT2D eigenvalue weighted by molar-refractivity contribution is -0.122. The number of carbonyl (C=O) groups is 1. The van der Waals surface area contributed by atoms with Crippen molar-refractivity contribution >= 4 is 21.8 Å². The van der Waals surface area contributed by atoms with Gasteiger partial charge < -0.3 is 10.4 Å². The van der Waals surface area contributed by atoms with Crippen molar-refractivity contribution in [2.45, 2.75) is 32.2 Å². The van der Waals surface area contributed by atoms with E-state index in [1.165, 1.54) is 5.56 Å². The SMILES string of the molecule is CC(CO)NC(=O)CCCc1ccccc1Br. The summed E-state index contributed by atoms with van der Waals surface area (Å²) in [5.74, 6) is -0.00129. The van der Waals surface area contributed by atoms with Gasteiger partial charge in [0.05, 0.1) is 6.61 Å². The first-order chi connectivity index (χ1) is 8.13. The van der Waals surface area contributed by atoms with E-state index < -0.39 is 0 Å². The van der Waals surface area contributed by atoms with Crippen LogP contribution in [-0.2, 0) is 11.2 Å². The van der Waals surface area contributed by atoms with Crippen molar-refractivity contribution in [2.75, 3.05) is 6.61 Å². The van der Waals surface area contributed by atoms with Crippen molar-refractivity contribution in [1.29, 1.82) is 0 Å². The summed E-state index contributed by atoms with van der Waals surface area (Å²) < 4.78 is 1.09. The number of aryl methyl sites for hydroxylation is 1. The molecule has 17 heavy (non-hydrogen) atoms. The number of benzene rings is 1. The molecule has 0 bridgehead atoms. The molecule has 0 fully saturated rings. The minimum Gasteiger partial charge on any atom is -0.394 e. The number of hydrogen-bond donors (Lipinski definition) is 2. The first-order valence-corrected chi connectivity index (χ1v) is 6.56. The average molecular weight is 300 g/mol. The van der Waals surface area contributed by atoms with E-state index >= 15 is 0 Å². The maximum atomic E-state index is 11.5. The van der Waals surface area contributed by atoms with Crippen LogP contribution in [0.3, 0.4) is 0 Å². The molecular weight excluding hydrogens is 282 g/mol. The molecule has 94 valence electrons. The molecule has 1 atom stereocenters. The van der Waals surface area contributed by atoms with Crippen LogP contribution >= 0.6 is 15.9 Å². The largest absolute Gasteiger partial charge is 0.394 e. The molecule has 0 aliphatic heterocycles. The normalized spacial score (nSPS) is 12.2. The summed E-state index contributed by atoms with van der Waals surface area (Å²) in [4.78, 5) is 11.5. The van der Waals surface area contributed by atoms with Gasteiger partial charge in [0.2, 0.25) is 5.91 Å². The predicted molar refractivity (Wildman–Crippen MR) is 71.8 cm³/mol. The van der Waals surface area contributed by atoms with Crippen LogP contribution in [0.25, 0.3) is 0 Å². The molecule has 1 aromatic rings. The van der Waals surface area contributed by atoms with Crippen molar-refractivity contribution in [2.24, 2.45) is 0 Å². The lowest BCUT2D eigenvalue weighted by Gasteiger charge is -2.10. The van der Waals surface area contributed by atoms with Crippen LogP contribution in [0.5, 0.6) is 0 Å². The number of carbonyl (C=O) groups excluding carboxylic acids is 1. The fourth-order valence-corrected chi connectivity index (χ4v) is 2.02. The third-order valence-electron chi connectivity index (χ3n) is 2.49. The maximum Gasteiger partial charge on any atom is 0.220 e. The smallest absolute Gasteiger partial charge is 0.220 e. The number of amides is 1. The van der Waals surface area contributed by atoms with E-state index in [1.807, 2.05) is 18.2 Å². The number of aliphatic hydroxyl groups is 1. The van der Waals surface area contributed by atoms with Crippen LogP contribution in [0.1, 0.15) is 25.3 Å². The Morgan fingerprint density at radius 3 is 2.82 bits per heavy atom. The molecule has 0 saturated carbocycles. The lowest BCUT2D eigenvalue weighted by atomic mass is 10.1. The lowest BCUT2D eigenvalue weighted by Crippen LogP contribution is -2.34. The van der Waals surface area contributed by atoms with Gasteiger partial charge in [-0.15, -0.1) is 0 Å². The monoisotopic (exact) mass is 299 g/mol. The first kappa shape index (κ1) is 14.2. The van der Waals surface area contributed by atoms with Crippen LogP contribution in [0.2, 0.25) is 0 Å². The summed E-state index contributed by atoms with van der Waals surface area (Å²) in [5, 5.41) is 11.5. The minimum absolute atomic E-state index is 0.00129. The molecule has 0 aliphatic carbocycles. The van der Waals surface area contributed by atoms with Gasteiger partial charge in [-0.1, -0.05) is 34.1 Å². The van der Waals surface area contributed by atoms with Crippen LogP contribution in [0.15, 0.2) is 28.7 Å². The molecule has 0 radical (unpaired) electrons. The van der Waals surface area contributed by atoms with Crippen LogP contribution in [0, 0.1) is 0 Å². The Hall–Kier alpha value is -0.870. The first-order valence-electron chi connectivity index (χ1n) is 5.77. The molecule has 4 heteroatoms. The Morgan fingerprint density at radius 2 is 2.18 bits per heavy atom. The molecule has 0 aliphatic rings. The molecule has 1 aromatic carbocycles. The molecular formula is C13H18BrNO2.